The molecule has 0 fully saturated rings. The molecule has 0 amide bonds. The Morgan fingerprint density at radius 1 is 0.933 bits per heavy atom. The Hall–Kier alpha value is -1.27. The van der Waals surface area contributed by atoms with Crippen LogP contribution in [-0.4, -0.2) is 0 Å². The summed E-state index contributed by atoms with van der Waals surface area (Å²) in [6, 6.07) is 14.5. The van der Waals surface area contributed by atoms with Crippen molar-refractivity contribution in [3.05, 3.63) is 58.6 Å². The van der Waals surface area contributed by atoms with Gasteiger partial charge in [-0.15, -0.1) is 0 Å². The highest BCUT2D eigenvalue weighted by Gasteiger charge is 2.01. The van der Waals surface area contributed by atoms with Gasteiger partial charge in [0, 0.05) is 5.02 Å². The monoisotopic (exact) mass is 217 g/mol. The summed E-state index contributed by atoms with van der Waals surface area (Å²) in [6.07, 6.45) is 0. The number of benzene rings is 2. The molecule has 0 N–H and O–H groups in total. The van der Waals surface area contributed by atoms with Crippen LogP contribution in [-0.2, 0) is 0 Å². The van der Waals surface area contributed by atoms with Gasteiger partial charge >= 0.3 is 1.43 Å². The van der Waals surface area contributed by atoms with E-state index in [0.717, 1.165) is 5.02 Å². The van der Waals surface area contributed by atoms with E-state index in [-0.39, 0.29) is 1.43 Å². The van der Waals surface area contributed by atoms with E-state index in [1.165, 1.54) is 22.3 Å². The Bertz CT molecular complexity index is 475. The van der Waals surface area contributed by atoms with Crippen LogP contribution >= 0.6 is 11.6 Å². The Balaban J connectivity index is 0.00000128. The van der Waals surface area contributed by atoms with Crippen LogP contribution in [0.15, 0.2) is 42.5 Å². The van der Waals surface area contributed by atoms with E-state index in [1.807, 2.05) is 12.1 Å². The predicted molar refractivity (Wildman–Crippen MR) is 67.5 cm³/mol. The van der Waals surface area contributed by atoms with Crippen molar-refractivity contribution in [2.24, 2.45) is 0 Å². The molecule has 0 aromatic heterocycles. The van der Waals surface area contributed by atoms with Crippen LogP contribution in [0.3, 0.4) is 0 Å². The number of rotatable bonds is 1. The van der Waals surface area contributed by atoms with E-state index < -0.39 is 0 Å². The molecule has 15 heavy (non-hydrogen) atoms. The molecule has 0 saturated heterocycles. The second-order valence-electron chi connectivity index (χ2n) is 3.83. The second kappa shape index (κ2) is 4.08. The first-order valence-electron chi connectivity index (χ1n) is 5.00. The lowest BCUT2D eigenvalue weighted by Gasteiger charge is -2.06. The molecule has 2 aromatic carbocycles. The van der Waals surface area contributed by atoms with Crippen molar-refractivity contribution in [3.8, 4) is 11.1 Å². The Labute approximate surface area is 97.0 Å². The summed E-state index contributed by atoms with van der Waals surface area (Å²) < 4.78 is 0. The normalized spacial score (nSPS) is 10.3. The molecule has 2 aromatic rings. The molecule has 76 valence electrons. The van der Waals surface area contributed by atoms with Crippen molar-refractivity contribution in [2.75, 3.05) is 0 Å². The van der Waals surface area contributed by atoms with Gasteiger partial charge in [0.15, 0.2) is 0 Å². The zero-order valence-electron chi connectivity index (χ0n) is 9.92. The van der Waals surface area contributed by atoms with Crippen LogP contribution in [0, 0.1) is 13.8 Å². The van der Waals surface area contributed by atoms with Gasteiger partial charge in [0.05, 0.1) is 0 Å². The largest absolute Gasteiger partial charge is 1.00 e. The SMILES string of the molecule is Cc1ccc(-c2ccc(Cl)cc2C)cc1.[H+]. The number of halogens is 1. The number of hydrogen-bond acceptors (Lipinski definition) is 0. The van der Waals surface area contributed by atoms with E-state index in [4.69, 9.17) is 11.6 Å². The number of hydrogen-bond donors (Lipinski definition) is 0. The molecular weight excluding hydrogens is 204 g/mol. The molecule has 0 radical (unpaired) electrons. The van der Waals surface area contributed by atoms with Gasteiger partial charge < -0.3 is 0 Å². The van der Waals surface area contributed by atoms with Crippen molar-refractivity contribution in [3.63, 3.8) is 0 Å². The highest BCUT2D eigenvalue weighted by Crippen LogP contribution is 2.25. The topological polar surface area (TPSA) is 0 Å². The molecule has 0 spiro atoms. The summed E-state index contributed by atoms with van der Waals surface area (Å²) in [5.41, 5.74) is 4.99. The Morgan fingerprint density at radius 3 is 2.20 bits per heavy atom. The van der Waals surface area contributed by atoms with E-state index in [1.54, 1.807) is 0 Å². The zero-order valence-corrected chi connectivity index (χ0v) is 9.68. The Morgan fingerprint density at radius 2 is 1.60 bits per heavy atom. The fraction of sp³-hybridized carbons (Fsp3) is 0.143. The van der Waals surface area contributed by atoms with E-state index in [9.17, 15) is 0 Å². The van der Waals surface area contributed by atoms with Crippen LogP contribution in [0.1, 0.15) is 12.6 Å². The molecule has 0 atom stereocenters. The first-order valence-corrected chi connectivity index (χ1v) is 5.38. The lowest BCUT2D eigenvalue weighted by molar-refractivity contribution is 1.43. The minimum Gasteiger partial charge on any atom is -0.0843 e. The fourth-order valence-corrected chi connectivity index (χ4v) is 1.91. The highest BCUT2D eigenvalue weighted by atomic mass is 35.5. The molecular formula is C14H14Cl+. The van der Waals surface area contributed by atoms with Crippen LogP contribution in [0.2, 0.25) is 5.02 Å². The molecule has 1 heteroatoms. The fourth-order valence-electron chi connectivity index (χ4n) is 1.68. The summed E-state index contributed by atoms with van der Waals surface area (Å²) >= 11 is 5.93. The molecule has 0 saturated carbocycles. The maximum Gasteiger partial charge on any atom is 1.00 e. The van der Waals surface area contributed by atoms with Crippen LogP contribution < -0.4 is 0 Å². The summed E-state index contributed by atoms with van der Waals surface area (Å²) in [5, 5.41) is 0.795. The third-order valence-electron chi connectivity index (χ3n) is 2.55. The molecule has 0 aliphatic carbocycles. The van der Waals surface area contributed by atoms with Gasteiger partial charge in [0.1, 0.15) is 0 Å². The van der Waals surface area contributed by atoms with Gasteiger partial charge in [-0.05, 0) is 42.7 Å². The van der Waals surface area contributed by atoms with Crippen molar-refractivity contribution in [1.29, 1.82) is 0 Å². The summed E-state index contributed by atoms with van der Waals surface area (Å²) in [7, 11) is 0. The molecule has 2 rings (SSSR count). The summed E-state index contributed by atoms with van der Waals surface area (Å²) in [4.78, 5) is 0. The minimum atomic E-state index is 0. The minimum absolute atomic E-state index is 0. The lowest BCUT2D eigenvalue weighted by atomic mass is 10.00. The van der Waals surface area contributed by atoms with Crippen molar-refractivity contribution >= 4 is 11.6 Å². The zero-order chi connectivity index (χ0) is 10.8. The average molecular weight is 218 g/mol. The average Bonchev–Trinajstić information content (AvgIpc) is 2.20. The van der Waals surface area contributed by atoms with Gasteiger partial charge in [0.25, 0.3) is 0 Å². The smallest absolute Gasteiger partial charge is 0.0843 e. The van der Waals surface area contributed by atoms with Gasteiger partial charge in [0.2, 0.25) is 0 Å². The lowest BCUT2D eigenvalue weighted by Crippen LogP contribution is -1.83. The quantitative estimate of drug-likeness (QED) is 0.648. The summed E-state index contributed by atoms with van der Waals surface area (Å²) in [6.45, 7) is 4.18. The van der Waals surface area contributed by atoms with Crippen molar-refractivity contribution in [2.45, 2.75) is 13.8 Å². The Kier molecular flexibility index (Phi) is 2.79. The van der Waals surface area contributed by atoms with E-state index in [0.29, 0.717) is 0 Å². The van der Waals surface area contributed by atoms with Gasteiger partial charge in [-0.25, -0.2) is 0 Å². The maximum absolute atomic E-state index is 5.93. The maximum atomic E-state index is 5.93. The van der Waals surface area contributed by atoms with Gasteiger partial charge in [-0.2, -0.15) is 0 Å². The first kappa shape index (κ1) is 10.3. The van der Waals surface area contributed by atoms with Crippen LogP contribution in [0.4, 0.5) is 0 Å². The standard InChI is InChI=1S/C14H13Cl/c1-10-3-5-12(6-4-10)14-8-7-13(15)9-11(14)2/h3-9H,1-2H3/p+1. The van der Waals surface area contributed by atoms with Crippen LogP contribution in [0.5, 0.6) is 0 Å². The second-order valence-corrected chi connectivity index (χ2v) is 4.26. The van der Waals surface area contributed by atoms with E-state index in [2.05, 4.69) is 44.2 Å². The van der Waals surface area contributed by atoms with Crippen molar-refractivity contribution in [1.82, 2.24) is 0 Å². The van der Waals surface area contributed by atoms with Crippen LogP contribution in [0.25, 0.3) is 11.1 Å². The third-order valence-corrected chi connectivity index (χ3v) is 2.79. The molecule has 0 unspecified atom stereocenters. The van der Waals surface area contributed by atoms with Crippen molar-refractivity contribution < 1.29 is 1.43 Å². The van der Waals surface area contributed by atoms with Gasteiger partial charge in [-0.3, -0.25) is 0 Å². The highest BCUT2D eigenvalue weighted by molar-refractivity contribution is 6.30. The molecule has 0 aliphatic heterocycles. The molecule has 0 aliphatic rings. The molecule has 0 nitrogen and oxygen atoms in total. The molecule has 0 heterocycles. The molecule has 0 bridgehead atoms. The predicted octanol–water partition coefficient (Wildman–Crippen LogP) is 4.74. The van der Waals surface area contributed by atoms with E-state index >= 15 is 0 Å². The summed E-state index contributed by atoms with van der Waals surface area (Å²) in [5.74, 6) is 0. The first-order chi connectivity index (χ1) is 7.16. The third kappa shape index (κ3) is 2.21. The number of aryl methyl sites for hydroxylation is 2. The van der Waals surface area contributed by atoms with Gasteiger partial charge in [-0.1, -0.05) is 47.5 Å².